The van der Waals surface area contributed by atoms with Crippen molar-refractivity contribution in [1.29, 1.82) is 0 Å². The lowest BCUT2D eigenvalue weighted by Gasteiger charge is -2.07. The van der Waals surface area contributed by atoms with Crippen molar-refractivity contribution in [3.8, 4) is 0 Å². The van der Waals surface area contributed by atoms with E-state index in [2.05, 4.69) is 9.71 Å². The van der Waals surface area contributed by atoms with Crippen LogP contribution in [0.15, 0.2) is 23.1 Å². The van der Waals surface area contributed by atoms with Crippen LogP contribution in [0.3, 0.4) is 0 Å². The second-order valence-corrected chi connectivity index (χ2v) is 7.64. The number of anilines is 1. The summed E-state index contributed by atoms with van der Waals surface area (Å²) in [5, 5.41) is 10.9. The maximum Gasteiger partial charge on any atom is 0.312 e. The summed E-state index contributed by atoms with van der Waals surface area (Å²) < 4.78 is 26.7. The average molecular weight is 348 g/mol. The largest absolute Gasteiger partial charge is 0.312 e. The standard InChI is InChI=1S/C11H10ClN3O4S2/c1-6-5-9(7(2)20-6)21(18,19)14-11-8(15(16)17)3-4-10(12)13-11/h3-5H,1-2H3,(H,13,14). The van der Waals surface area contributed by atoms with Crippen LogP contribution in [0.25, 0.3) is 0 Å². The van der Waals surface area contributed by atoms with Gasteiger partial charge in [0, 0.05) is 15.8 Å². The van der Waals surface area contributed by atoms with Gasteiger partial charge in [0.15, 0.2) is 0 Å². The van der Waals surface area contributed by atoms with Crippen LogP contribution in [0.4, 0.5) is 11.5 Å². The predicted octanol–water partition coefficient (Wildman–Crippen LogP) is 3.12. The third-order valence-corrected chi connectivity index (χ3v) is 5.32. The van der Waals surface area contributed by atoms with E-state index >= 15 is 0 Å². The molecule has 112 valence electrons. The number of pyridine rings is 1. The van der Waals surface area contributed by atoms with E-state index in [1.165, 1.54) is 23.5 Å². The smallest absolute Gasteiger partial charge is 0.258 e. The highest BCUT2D eigenvalue weighted by Crippen LogP contribution is 2.30. The molecule has 0 saturated carbocycles. The fourth-order valence-corrected chi connectivity index (χ4v) is 4.43. The van der Waals surface area contributed by atoms with Gasteiger partial charge in [-0.05, 0) is 26.0 Å². The van der Waals surface area contributed by atoms with Crippen LogP contribution in [-0.2, 0) is 10.0 Å². The molecule has 0 saturated heterocycles. The van der Waals surface area contributed by atoms with Gasteiger partial charge in [0.2, 0.25) is 5.82 Å². The molecule has 0 bridgehead atoms. The molecule has 0 aromatic carbocycles. The minimum Gasteiger partial charge on any atom is -0.258 e. The molecule has 0 aliphatic carbocycles. The lowest BCUT2D eigenvalue weighted by atomic mass is 10.4. The molecular weight excluding hydrogens is 338 g/mol. The monoisotopic (exact) mass is 347 g/mol. The molecule has 0 spiro atoms. The van der Waals surface area contributed by atoms with Gasteiger partial charge in [-0.15, -0.1) is 11.3 Å². The van der Waals surface area contributed by atoms with E-state index < -0.39 is 26.5 Å². The summed E-state index contributed by atoms with van der Waals surface area (Å²) in [6.07, 6.45) is 0. The molecule has 0 aliphatic heterocycles. The maximum atomic E-state index is 12.3. The summed E-state index contributed by atoms with van der Waals surface area (Å²) in [6, 6.07) is 3.81. The molecule has 7 nitrogen and oxygen atoms in total. The molecule has 10 heteroatoms. The van der Waals surface area contributed by atoms with Crippen LogP contribution < -0.4 is 4.72 Å². The first-order valence-electron chi connectivity index (χ1n) is 5.61. The van der Waals surface area contributed by atoms with Crippen LogP contribution in [0.5, 0.6) is 0 Å². The van der Waals surface area contributed by atoms with E-state index in [1.807, 2.05) is 0 Å². The van der Waals surface area contributed by atoms with Gasteiger partial charge in [0.25, 0.3) is 10.0 Å². The molecule has 2 aromatic heterocycles. The van der Waals surface area contributed by atoms with Gasteiger partial charge in [0.05, 0.1) is 4.92 Å². The summed E-state index contributed by atoms with van der Waals surface area (Å²) in [4.78, 5) is 15.3. The van der Waals surface area contributed by atoms with Gasteiger partial charge in [-0.25, -0.2) is 13.4 Å². The molecule has 0 fully saturated rings. The second kappa shape index (κ2) is 5.58. The SMILES string of the molecule is Cc1cc(S(=O)(=O)Nc2nc(Cl)ccc2[N+](=O)[O-])c(C)s1. The van der Waals surface area contributed by atoms with Gasteiger partial charge in [-0.3, -0.25) is 14.8 Å². The van der Waals surface area contributed by atoms with E-state index in [0.717, 1.165) is 10.9 Å². The summed E-state index contributed by atoms with van der Waals surface area (Å²) in [6.45, 7) is 3.43. The number of sulfonamides is 1. The van der Waals surface area contributed by atoms with Gasteiger partial charge in [0.1, 0.15) is 10.0 Å². The number of nitro groups is 1. The van der Waals surface area contributed by atoms with Crippen molar-refractivity contribution in [2.45, 2.75) is 18.7 Å². The number of halogens is 1. The molecule has 0 atom stereocenters. The number of hydrogen-bond donors (Lipinski definition) is 1. The Balaban J connectivity index is 2.48. The van der Waals surface area contributed by atoms with E-state index in [0.29, 0.717) is 4.88 Å². The fourth-order valence-electron chi connectivity index (χ4n) is 1.71. The van der Waals surface area contributed by atoms with E-state index in [1.54, 1.807) is 13.8 Å². The van der Waals surface area contributed by atoms with E-state index in [9.17, 15) is 18.5 Å². The van der Waals surface area contributed by atoms with E-state index in [4.69, 9.17) is 11.6 Å². The molecule has 1 N–H and O–H groups in total. The fraction of sp³-hybridized carbons (Fsp3) is 0.182. The Hall–Kier alpha value is -1.71. The minimum atomic E-state index is -3.96. The Morgan fingerprint density at radius 2 is 2.05 bits per heavy atom. The lowest BCUT2D eigenvalue weighted by Crippen LogP contribution is -2.15. The third kappa shape index (κ3) is 3.31. The Bertz CT molecular complexity index is 817. The summed E-state index contributed by atoms with van der Waals surface area (Å²) in [7, 11) is -3.96. The number of nitrogens with one attached hydrogen (secondary N) is 1. The second-order valence-electron chi connectivity index (χ2n) is 4.14. The number of nitrogens with zero attached hydrogens (tertiary/aromatic N) is 2. The Labute approximate surface area is 129 Å². The van der Waals surface area contributed by atoms with Crippen molar-refractivity contribution in [2.75, 3.05) is 4.72 Å². The van der Waals surface area contributed by atoms with E-state index in [-0.39, 0.29) is 10.0 Å². The highest BCUT2D eigenvalue weighted by Gasteiger charge is 2.25. The number of thiophene rings is 1. The average Bonchev–Trinajstić information content (AvgIpc) is 2.68. The van der Waals surface area contributed by atoms with Crippen LogP contribution in [0, 0.1) is 24.0 Å². The molecule has 2 aromatic rings. The van der Waals surface area contributed by atoms with Gasteiger partial charge in [-0.2, -0.15) is 0 Å². The minimum absolute atomic E-state index is 0.0449. The van der Waals surface area contributed by atoms with Gasteiger partial charge in [-0.1, -0.05) is 11.6 Å². The highest BCUT2D eigenvalue weighted by atomic mass is 35.5. The first-order chi connectivity index (χ1) is 9.70. The molecule has 2 heterocycles. The molecule has 0 aliphatic rings. The number of aryl methyl sites for hydroxylation is 2. The summed E-state index contributed by atoms with van der Waals surface area (Å²) in [5.41, 5.74) is -0.465. The molecule has 21 heavy (non-hydrogen) atoms. The number of rotatable bonds is 4. The van der Waals surface area contributed by atoms with Crippen LogP contribution in [0.2, 0.25) is 5.15 Å². The van der Waals surface area contributed by atoms with Crippen molar-refractivity contribution in [2.24, 2.45) is 0 Å². The van der Waals surface area contributed by atoms with Crippen LogP contribution >= 0.6 is 22.9 Å². The van der Waals surface area contributed by atoms with Crippen LogP contribution in [0.1, 0.15) is 9.75 Å². The van der Waals surface area contributed by atoms with Crippen molar-refractivity contribution in [3.63, 3.8) is 0 Å². The predicted molar refractivity (Wildman–Crippen MR) is 80.5 cm³/mol. The lowest BCUT2D eigenvalue weighted by molar-refractivity contribution is -0.384. The Kier molecular flexibility index (Phi) is 4.17. The summed E-state index contributed by atoms with van der Waals surface area (Å²) >= 11 is 6.99. The maximum absolute atomic E-state index is 12.3. The highest BCUT2D eigenvalue weighted by molar-refractivity contribution is 7.93. The zero-order chi connectivity index (χ0) is 15.8. The normalized spacial score (nSPS) is 11.4. The van der Waals surface area contributed by atoms with Crippen molar-refractivity contribution >= 4 is 44.5 Å². The first-order valence-corrected chi connectivity index (χ1v) is 8.29. The quantitative estimate of drug-likeness (QED) is 0.520. The first kappa shape index (κ1) is 15.7. The zero-order valence-electron chi connectivity index (χ0n) is 11.0. The summed E-state index contributed by atoms with van der Waals surface area (Å²) in [5.74, 6) is -0.407. The Morgan fingerprint density at radius 1 is 1.38 bits per heavy atom. The van der Waals surface area contributed by atoms with Crippen molar-refractivity contribution in [3.05, 3.63) is 43.2 Å². The van der Waals surface area contributed by atoms with Crippen molar-refractivity contribution in [1.82, 2.24) is 4.98 Å². The van der Waals surface area contributed by atoms with Gasteiger partial charge < -0.3 is 0 Å². The van der Waals surface area contributed by atoms with Crippen LogP contribution in [-0.4, -0.2) is 18.3 Å². The molecule has 0 radical (unpaired) electrons. The van der Waals surface area contributed by atoms with Gasteiger partial charge >= 0.3 is 5.69 Å². The molecule has 2 rings (SSSR count). The topological polar surface area (TPSA) is 102 Å². The number of aromatic nitrogens is 1. The Morgan fingerprint density at radius 3 is 2.57 bits per heavy atom. The molecular formula is C11H10ClN3O4S2. The number of hydrogen-bond acceptors (Lipinski definition) is 6. The zero-order valence-corrected chi connectivity index (χ0v) is 13.3. The molecule has 0 amide bonds. The van der Waals surface area contributed by atoms with Crippen molar-refractivity contribution < 1.29 is 13.3 Å². The molecule has 0 unspecified atom stereocenters. The third-order valence-electron chi connectivity index (χ3n) is 2.55.